The van der Waals surface area contributed by atoms with Gasteiger partial charge < -0.3 is 10.1 Å². The lowest BCUT2D eigenvalue weighted by Gasteiger charge is -2.36. The average molecular weight is 390 g/mol. The Balaban J connectivity index is 1.36. The van der Waals surface area contributed by atoms with Crippen LogP contribution < -0.4 is 5.32 Å². The van der Waals surface area contributed by atoms with E-state index in [0.29, 0.717) is 22.4 Å². The third-order valence-electron chi connectivity index (χ3n) is 5.80. The van der Waals surface area contributed by atoms with Gasteiger partial charge in [-0.1, -0.05) is 30.3 Å². The summed E-state index contributed by atoms with van der Waals surface area (Å²) in [7, 11) is 0. The van der Waals surface area contributed by atoms with Crippen molar-refractivity contribution in [1.82, 2.24) is 4.90 Å². The molecule has 7 heteroatoms. The predicted molar refractivity (Wildman–Crippen MR) is 102 cm³/mol. The number of carbonyl (C=O) groups excluding carboxylic acids is 4. The van der Waals surface area contributed by atoms with Gasteiger partial charge in [-0.3, -0.25) is 24.1 Å². The van der Waals surface area contributed by atoms with Crippen LogP contribution in [0.15, 0.2) is 48.5 Å². The van der Waals surface area contributed by atoms with Gasteiger partial charge in [0.2, 0.25) is 0 Å². The molecule has 1 unspecified atom stereocenters. The van der Waals surface area contributed by atoms with Crippen molar-refractivity contribution in [3.8, 4) is 0 Å². The molecule has 7 nitrogen and oxygen atoms in total. The maximum Gasteiger partial charge on any atom is 0.261 e. The van der Waals surface area contributed by atoms with Gasteiger partial charge in [0.05, 0.1) is 17.2 Å². The Morgan fingerprint density at radius 1 is 0.966 bits per heavy atom. The Bertz CT molecular complexity index is 1040. The number of hydrogen-bond donors (Lipinski definition) is 1. The molecule has 0 aliphatic carbocycles. The van der Waals surface area contributed by atoms with Crippen molar-refractivity contribution in [3.05, 3.63) is 65.2 Å². The lowest BCUT2D eigenvalue weighted by Crippen LogP contribution is -2.48. The number of hydrogen-bond acceptors (Lipinski definition) is 5. The lowest BCUT2D eigenvalue weighted by molar-refractivity contribution is -0.170. The van der Waals surface area contributed by atoms with E-state index in [9.17, 15) is 19.2 Å². The van der Waals surface area contributed by atoms with Crippen molar-refractivity contribution in [1.29, 1.82) is 0 Å². The summed E-state index contributed by atoms with van der Waals surface area (Å²) in [6, 6.07) is 13.9. The first-order valence-corrected chi connectivity index (χ1v) is 9.55. The highest BCUT2D eigenvalue weighted by Crippen LogP contribution is 2.45. The number of rotatable bonds is 3. The van der Waals surface area contributed by atoms with Crippen molar-refractivity contribution in [2.75, 3.05) is 11.9 Å². The predicted octanol–water partition coefficient (Wildman–Crippen LogP) is 2.27. The van der Waals surface area contributed by atoms with Gasteiger partial charge in [0, 0.05) is 30.6 Å². The number of imide groups is 1. The fourth-order valence-corrected chi connectivity index (χ4v) is 4.43. The first kappa shape index (κ1) is 17.8. The Hall–Kier alpha value is -3.32. The number of ether oxygens (including phenoxy) is 1. The minimum absolute atomic E-state index is 0.0145. The van der Waals surface area contributed by atoms with Crippen LogP contribution >= 0.6 is 0 Å². The third-order valence-corrected chi connectivity index (χ3v) is 5.80. The van der Waals surface area contributed by atoms with E-state index in [1.54, 1.807) is 42.5 Å². The van der Waals surface area contributed by atoms with Crippen molar-refractivity contribution in [2.24, 2.45) is 0 Å². The number of fused-ring (bicyclic) bond motifs is 3. The fraction of sp³-hybridized carbons (Fsp3) is 0.273. The summed E-state index contributed by atoms with van der Waals surface area (Å²) in [6.07, 6.45) is -0.133. The molecule has 3 aliphatic rings. The van der Waals surface area contributed by atoms with E-state index in [1.165, 1.54) is 4.90 Å². The molecule has 0 saturated carbocycles. The number of anilines is 1. The molecule has 3 heterocycles. The lowest BCUT2D eigenvalue weighted by atomic mass is 9.84. The highest BCUT2D eigenvalue weighted by atomic mass is 16.5. The van der Waals surface area contributed by atoms with Gasteiger partial charge in [-0.25, -0.2) is 0 Å². The standard InChI is InChI=1S/C22H18N2O5/c25-13-11-14(9-10-24-19(26)15-5-1-2-6-16(15)20(24)27)29-22(12-13)17-7-3-4-8-18(17)23-21(22)28/h1-8,14H,9-12H2,(H,23,28)/t14-,22?/m0/s1. The molecule has 0 radical (unpaired) electrons. The van der Waals surface area contributed by atoms with Crippen LogP contribution in [0.3, 0.4) is 0 Å². The Labute approximate surface area is 166 Å². The second-order valence-electron chi connectivity index (χ2n) is 7.58. The number of nitrogens with zero attached hydrogens (tertiary/aromatic N) is 1. The maximum atomic E-state index is 12.7. The summed E-state index contributed by atoms with van der Waals surface area (Å²) in [5, 5.41) is 2.79. The van der Waals surface area contributed by atoms with Crippen LogP contribution in [0.25, 0.3) is 0 Å². The van der Waals surface area contributed by atoms with Crippen molar-refractivity contribution in [3.63, 3.8) is 0 Å². The van der Waals surface area contributed by atoms with Crippen molar-refractivity contribution in [2.45, 2.75) is 31.0 Å². The molecule has 1 N–H and O–H groups in total. The van der Waals surface area contributed by atoms with Crippen LogP contribution in [-0.2, 0) is 19.9 Å². The van der Waals surface area contributed by atoms with Crippen LogP contribution in [-0.4, -0.2) is 41.1 Å². The summed E-state index contributed by atoms with van der Waals surface area (Å²) in [5.41, 5.74) is 0.742. The van der Waals surface area contributed by atoms with Crippen LogP contribution in [0.2, 0.25) is 0 Å². The number of ketones is 1. The van der Waals surface area contributed by atoms with Crippen LogP contribution in [0, 0.1) is 0 Å². The topological polar surface area (TPSA) is 92.8 Å². The summed E-state index contributed by atoms with van der Waals surface area (Å²) in [4.78, 5) is 51.5. The SMILES string of the molecule is O=C1C[C@H](CCN2C(=O)c3ccccc3C2=O)OC2(C1)C(=O)Nc1ccccc12. The zero-order chi connectivity index (χ0) is 20.2. The first-order chi connectivity index (χ1) is 14.0. The van der Waals surface area contributed by atoms with E-state index in [4.69, 9.17) is 4.74 Å². The highest BCUT2D eigenvalue weighted by molar-refractivity contribution is 6.21. The molecule has 3 aliphatic heterocycles. The molecule has 5 rings (SSSR count). The maximum absolute atomic E-state index is 12.7. The molecule has 29 heavy (non-hydrogen) atoms. The van der Waals surface area contributed by atoms with Gasteiger partial charge in [0.25, 0.3) is 17.7 Å². The quantitative estimate of drug-likeness (QED) is 0.812. The molecule has 0 bridgehead atoms. The van der Waals surface area contributed by atoms with Crippen molar-refractivity contribution >= 4 is 29.2 Å². The molecular formula is C22H18N2O5. The number of carbonyl (C=O) groups is 4. The van der Waals surface area contributed by atoms with Crippen LogP contribution in [0.1, 0.15) is 45.5 Å². The third kappa shape index (κ3) is 2.61. The smallest absolute Gasteiger partial charge is 0.261 e. The average Bonchev–Trinajstić information content (AvgIpc) is 3.12. The molecule has 1 fully saturated rings. The molecular weight excluding hydrogens is 372 g/mol. The zero-order valence-electron chi connectivity index (χ0n) is 15.5. The number of amides is 3. The number of nitrogens with one attached hydrogen (secondary N) is 1. The largest absolute Gasteiger partial charge is 0.356 e. The summed E-state index contributed by atoms with van der Waals surface area (Å²) < 4.78 is 6.17. The van der Waals surface area contributed by atoms with Gasteiger partial charge in [-0.2, -0.15) is 0 Å². The Kier molecular flexibility index (Phi) is 3.89. The van der Waals surface area contributed by atoms with Gasteiger partial charge in [0.15, 0.2) is 5.60 Å². The Morgan fingerprint density at radius 2 is 1.62 bits per heavy atom. The second-order valence-corrected chi connectivity index (χ2v) is 7.58. The van der Waals surface area contributed by atoms with Crippen LogP contribution in [0.4, 0.5) is 5.69 Å². The van der Waals surface area contributed by atoms with Crippen molar-refractivity contribution < 1.29 is 23.9 Å². The van der Waals surface area contributed by atoms with Gasteiger partial charge in [-0.05, 0) is 24.6 Å². The van der Waals surface area contributed by atoms with Gasteiger partial charge in [0.1, 0.15) is 5.78 Å². The molecule has 146 valence electrons. The summed E-state index contributed by atoms with van der Waals surface area (Å²) >= 11 is 0. The monoisotopic (exact) mass is 390 g/mol. The van der Waals surface area contributed by atoms with E-state index in [2.05, 4.69) is 5.32 Å². The van der Waals surface area contributed by atoms with E-state index < -0.39 is 11.7 Å². The molecule has 2 aromatic carbocycles. The van der Waals surface area contributed by atoms with E-state index >= 15 is 0 Å². The molecule has 1 spiro atoms. The summed E-state index contributed by atoms with van der Waals surface area (Å²) in [6.45, 7) is 0.129. The van der Waals surface area contributed by atoms with Gasteiger partial charge in [-0.15, -0.1) is 0 Å². The van der Waals surface area contributed by atoms with E-state index in [1.807, 2.05) is 6.07 Å². The highest BCUT2D eigenvalue weighted by Gasteiger charge is 2.53. The molecule has 0 aromatic heterocycles. The fourth-order valence-electron chi connectivity index (χ4n) is 4.43. The summed E-state index contributed by atoms with van der Waals surface area (Å²) in [5.74, 6) is -1.11. The molecule has 2 atom stereocenters. The number of para-hydroxylation sites is 1. The van der Waals surface area contributed by atoms with E-state index in [-0.39, 0.29) is 49.3 Å². The minimum atomic E-state index is -1.33. The Morgan fingerprint density at radius 3 is 2.34 bits per heavy atom. The number of benzene rings is 2. The van der Waals surface area contributed by atoms with Gasteiger partial charge >= 0.3 is 0 Å². The molecule has 2 aromatic rings. The number of Topliss-reactive ketones (excluding diaryl/α,β-unsaturated/α-hetero) is 1. The molecule has 1 saturated heterocycles. The molecule has 3 amide bonds. The first-order valence-electron chi connectivity index (χ1n) is 9.55. The minimum Gasteiger partial charge on any atom is -0.356 e. The normalized spacial score (nSPS) is 25.4. The zero-order valence-corrected chi connectivity index (χ0v) is 15.5. The van der Waals surface area contributed by atoms with Crippen LogP contribution in [0.5, 0.6) is 0 Å². The van der Waals surface area contributed by atoms with E-state index in [0.717, 1.165) is 0 Å². The second kappa shape index (κ2) is 6.35.